The summed E-state index contributed by atoms with van der Waals surface area (Å²) in [7, 11) is 3.44. The zero-order chi connectivity index (χ0) is 12.8. The molecular weight excluding hydrogens is 228 g/mol. The molecule has 0 N–H and O–H groups in total. The van der Waals surface area contributed by atoms with Gasteiger partial charge in [-0.15, -0.1) is 0 Å². The Labute approximate surface area is 109 Å². The topological polar surface area (TPSA) is 27.7 Å². The minimum atomic E-state index is 0.304. The summed E-state index contributed by atoms with van der Waals surface area (Å²) in [5, 5.41) is 0. The molecule has 0 radical (unpaired) electrons. The van der Waals surface area contributed by atoms with Crippen molar-refractivity contribution in [3.8, 4) is 5.75 Å². The van der Waals surface area contributed by atoms with Crippen LogP contribution in [0, 0.1) is 0 Å². The lowest BCUT2D eigenvalue weighted by molar-refractivity contribution is 0.0510. The van der Waals surface area contributed by atoms with Gasteiger partial charge < -0.3 is 14.2 Å². The summed E-state index contributed by atoms with van der Waals surface area (Å²) < 4.78 is 15.7. The molecule has 100 valence electrons. The first kappa shape index (κ1) is 13.4. The third kappa shape index (κ3) is 3.47. The fourth-order valence-electron chi connectivity index (χ4n) is 2.60. The third-order valence-corrected chi connectivity index (χ3v) is 3.70. The Morgan fingerprint density at radius 2 is 1.67 bits per heavy atom. The van der Waals surface area contributed by atoms with Crippen LogP contribution in [0.1, 0.15) is 37.2 Å². The maximum atomic E-state index is 5.40. The van der Waals surface area contributed by atoms with E-state index in [0.29, 0.717) is 18.8 Å². The van der Waals surface area contributed by atoms with Crippen LogP contribution in [0.3, 0.4) is 0 Å². The van der Waals surface area contributed by atoms with Gasteiger partial charge in [-0.3, -0.25) is 0 Å². The van der Waals surface area contributed by atoms with E-state index in [2.05, 4.69) is 12.1 Å². The van der Waals surface area contributed by atoms with E-state index in [4.69, 9.17) is 14.2 Å². The highest BCUT2D eigenvalue weighted by molar-refractivity contribution is 5.29. The Morgan fingerprint density at radius 3 is 2.22 bits per heavy atom. The average molecular weight is 250 g/mol. The molecule has 0 atom stereocenters. The van der Waals surface area contributed by atoms with Crippen molar-refractivity contribution >= 4 is 0 Å². The van der Waals surface area contributed by atoms with Gasteiger partial charge in [-0.2, -0.15) is 0 Å². The molecule has 1 fully saturated rings. The van der Waals surface area contributed by atoms with E-state index in [9.17, 15) is 0 Å². The lowest BCUT2D eigenvalue weighted by Gasteiger charge is -2.27. The normalized spacial score (nSPS) is 23.9. The molecule has 0 spiro atoms. The van der Waals surface area contributed by atoms with Crippen LogP contribution in [0.2, 0.25) is 0 Å². The summed E-state index contributed by atoms with van der Waals surface area (Å²) in [4.78, 5) is 0. The van der Waals surface area contributed by atoms with Crippen molar-refractivity contribution in [2.45, 2.75) is 37.7 Å². The number of ether oxygens (including phenoxy) is 3. The summed E-state index contributed by atoms with van der Waals surface area (Å²) in [5.41, 5.74) is 1.41. The van der Waals surface area contributed by atoms with E-state index in [1.807, 2.05) is 19.2 Å². The van der Waals surface area contributed by atoms with E-state index < -0.39 is 0 Å². The number of hydrogen-bond donors (Lipinski definition) is 0. The predicted octanol–water partition coefficient (Wildman–Crippen LogP) is 3.34. The van der Waals surface area contributed by atoms with Gasteiger partial charge in [-0.05, 0) is 49.3 Å². The lowest BCUT2D eigenvalue weighted by atomic mass is 9.83. The Kier molecular flexibility index (Phi) is 5.02. The standard InChI is InChI=1S/C15H22O3/c1-16-11-18-15-9-5-13(6-10-15)12-3-7-14(17-2)8-4-12/h5-6,9-10,12,14H,3-4,7-8,11H2,1-2H3/t12-,14-. The molecule has 0 aliphatic heterocycles. The van der Waals surface area contributed by atoms with Crippen LogP contribution in [-0.2, 0) is 9.47 Å². The van der Waals surface area contributed by atoms with Crippen LogP contribution in [0.25, 0.3) is 0 Å². The molecule has 0 heterocycles. The number of benzene rings is 1. The van der Waals surface area contributed by atoms with Crippen LogP contribution in [-0.4, -0.2) is 27.1 Å². The monoisotopic (exact) mass is 250 g/mol. The molecule has 0 bridgehead atoms. The van der Waals surface area contributed by atoms with E-state index in [1.54, 1.807) is 7.11 Å². The van der Waals surface area contributed by atoms with E-state index in [1.165, 1.54) is 31.2 Å². The maximum Gasteiger partial charge on any atom is 0.188 e. The fraction of sp³-hybridized carbons (Fsp3) is 0.600. The zero-order valence-electron chi connectivity index (χ0n) is 11.2. The molecule has 0 saturated heterocycles. The molecule has 2 rings (SSSR count). The quantitative estimate of drug-likeness (QED) is 0.750. The highest BCUT2D eigenvalue weighted by Gasteiger charge is 2.21. The first-order valence-corrected chi connectivity index (χ1v) is 6.58. The summed E-state index contributed by atoms with van der Waals surface area (Å²) in [6.45, 7) is 0.304. The van der Waals surface area contributed by atoms with Crippen molar-refractivity contribution in [3.05, 3.63) is 29.8 Å². The average Bonchev–Trinajstić information content (AvgIpc) is 2.46. The molecule has 18 heavy (non-hydrogen) atoms. The SMILES string of the molecule is COCOc1ccc([C@H]2CC[C@H](OC)CC2)cc1. The maximum absolute atomic E-state index is 5.40. The van der Waals surface area contributed by atoms with Gasteiger partial charge in [0.2, 0.25) is 0 Å². The summed E-state index contributed by atoms with van der Waals surface area (Å²) in [6, 6.07) is 8.39. The molecule has 0 amide bonds. The predicted molar refractivity (Wildman–Crippen MR) is 71.0 cm³/mol. The minimum absolute atomic E-state index is 0.304. The second-order valence-corrected chi connectivity index (χ2v) is 4.83. The number of methoxy groups -OCH3 is 2. The highest BCUT2D eigenvalue weighted by atomic mass is 16.7. The van der Waals surface area contributed by atoms with Gasteiger partial charge in [0, 0.05) is 14.2 Å². The minimum Gasteiger partial charge on any atom is -0.468 e. The fourth-order valence-corrected chi connectivity index (χ4v) is 2.60. The summed E-state index contributed by atoms with van der Waals surface area (Å²) >= 11 is 0. The molecule has 0 unspecified atom stereocenters. The van der Waals surface area contributed by atoms with Gasteiger partial charge >= 0.3 is 0 Å². The third-order valence-electron chi connectivity index (χ3n) is 3.70. The van der Waals surface area contributed by atoms with E-state index in [0.717, 1.165) is 5.75 Å². The Balaban J connectivity index is 1.89. The van der Waals surface area contributed by atoms with Crippen molar-refractivity contribution in [2.75, 3.05) is 21.0 Å². The molecule has 1 aliphatic rings. The molecule has 3 heteroatoms. The zero-order valence-corrected chi connectivity index (χ0v) is 11.2. The van der Waals surface area contributed by atoms with Gasteiger partial charge in [-0.1, -0.05) is 12.1 Å². The van der Waals surface area contributed by atoms with Crippen molar-refractivity contribution in [3.63, 3.8) is 0 Å². The molecule has 1 aromatic rings. The van der Waals surface area contributed by atoms with Crippen LogP contribution >= 0.6 is 0 Å². The first-order valence-electron chi connectivity index (χ1n) is 6.58. The lowest BCUT2D eigenvalue weighted by Crippen LogP contribution is -2.19. The van der Waals surface area contributed by atoms with Crippen LogP contribution in [0.4, 0.5) is 0 Å². The second kappa shape index (κ2) is 6.76. The molecule has 0 aromatic heterocycles. The second-order valence-electron chi connectivity index (χ2n) is 4.83. The Bertz CT molecular complexity index is 339. The molecule has 1 aliphatic carbocycles. The smallest absolute Gasteiger partial charge is 0.188 e. The largest absolute Gasteiger partial charge is 0.468 e. The van der Waals surface area contributed by atoms with E-state index in [-0.39, 0.29) is 0 Å². The van der Waals surface area contributed by atoms with Gasteiger partial charge in [0.15, 0.2) is 6.79 Å². The highest BCUT2D eigenvalue weighted by Crippen LogP contribution is 2.34. The van der Waals surface area contributed by atoms with Gasteiger partial charge in [0.1, 0.15) is 5.75 Å². The van der Waals surface area contributed by atoms with Gasteiger partial charge in [0.25, 0.3) is 0 Å². The Hall–Kier alpha value is -1.06. The number of hydrogen-bond acceptors (Lipinski definition) is 3. The van der Waals surface area contributed by atoms with Gasteiger partial charge in [0.05, 0.1) is 6.10 Å². The summed E-state index contributed by atoms with van der Waals surface area (Å²) in [5.74, 6) is 1.54. The molecular formula is C15H22O3. The van der Waals surface area contributed by atoms with Crippen LogP contribution in [0.5, 0.6) is 5.75 Å². The van der Waals surface area contributed by atoms with Crippen LogP contribution < -0.4 is 4.74 Å². The molecule has 3 nitrogen and oxygen atoms in total. The van der Waals surface area contributed by atoms with Crippen molar-refractivity contribution in [1.29, 1.82) is 0 Å². The van der Waals surface area contributed by atoms with E-state index >= 15 is 0 Å². The first-order chi connectivity index (χ1) is 8.83. The van der Waals surface area contributed by atoms with Crippen molar-refractivity contribution in [1.82, 2.24) is 0 Å². The molecule has 1 saturated carbocycles. The number of rotatable bonds is 5. The van der Waals surface area contributed by atoms with Gasteiger partial charge in [-0.25, -0.2) is 0 Å². The molecule has 1 aromatic carbocycles. The van der Waals surface area contributed by atoms with Crippen molar-refractivity contribution in [2.24, 2.45) is 0 Å². The van der Waals surface area contributed by atoms with Crippen LogP contribution in [0.15, 0.2) is 24.3 Å². The van der Waals surface area contributed by atoms with Crippen molar-refractivity contribution < 1.29 is 14.2 Å². The Morgan fingerprint density at radius 1 is 1.00 bits per heavy atom. The summed E-state index contributed by atoms with van der Waals surface area (Å²) in [6.07, 6.45) is 5.24.